The van der Waals surface area contributed by atoms with Crippen molar-refractivity contribution in [3.05, 3.63) is 59.7 Å². The summed E-state index contributed by atoms with van der Waals surface area (Å²) < 4.78 is 38.5. The van der Waals surface area contributed by atoms with Gasteiger partial charge in [0.25, 0.3) is 0 Å². The van der Waals surface area contributed by atoms with E-state index in [9.17, 15) is 22.8 Å². The third-order valence-corrected chi connectivity index (χ3v) is 8.45. The van der Waals surface area contributed by atoms with Gasteiger partial charge >= 0.3 is 12.2 Å². The van der Waals surface area contributed by atoms with Gasteiger partial charge in [0.1, 0.15) is 17.5 Å². The Hall–Kier alpha value is -3.40. The lowest BCUT2D eigenvalue weighted by atomic mass is 9.84. The predicted octanol–water partition coefficient (Wildman–Crippen LogP) is 7.44. The summed E-state index contributed by atoms with van der Waals surface area (Å²) in [4.78, 5) is 43.3. The quantitative estimate of drug-likeness (QED) is 0.148. The molecule has 0 aliphatic heterocycles. The first-order valence-corrected chi connectivity index (χ1v) is 15.9. The van der Waals surface area contributed by atoms with E-state index in [1.54, 1.807) is 41.5 Å². The van der Waals surface area contributed by atoms with E-state index < -0.39 is 38.7 Å². The van der Waals surface area contributed by atoms with E-state index in [1.165, 1.54) is 18.2 Å². The minimum Gasteiger partial charge on any atom is -0.441 e. The van der Waals surface area contributed by atoms with Gasteiger partial charge in [-0.25, -0.2) is 18.0 Å². The fourth-order valence-electron chi connectivity index (χ4n) is 4.30. The molecule has 0 aliphatic rings. The standard InChI is InChI=1S/C32H45NO8S/c1-9-11-19-32(10-2,22-34)23-42(37,38)27-18-17-26(21-25(27)20-24-15-13-12-14-16-24)33(28(35)39-30(3,4)5)41-29(36)40-31(6,7)8/h12-18,21-22H,9-11,19-20,23H2,1-8H3. The third kappa shape index (κ3) is 10.5. The molecule has 2 aromatic carbocycles. The van der Waals surface area contributed by atoms with Gasteiger partial charge in [0.05, 0.1) is 16.3 Å². The number of sulfone groups is 1. The summed E-state index contributed by atoms with van der Waals surface area (Å²) in [6, 6.07) is 13.5. The molecule has 1 amide bonds. The predicted molar refractivity (Wildman–Crippen MR) is 162 cm³/mol. The van der Waals surface area contributed by atoms with E-state index in [-0.39, 0.29) is 22.8 Å². The zero-order chi connectivity index (χ0) is 31.8. The van der Waals surface area contributed by atoms with Crippen molar-refractivity contribution in [3.63, 3.8) is 0 Å². The van der Waals surface area contributed by atoms with E-state index in [4.69, 9.17) is 14.3 Å². The van der Waals surface area contributed by atoms with Crippen LogP contribution in [0.4, 0.5) is 15.3 Å². The summed E-state index contributed by atoms with van der Waals surface area (Å²) in [6.45, 7) is 13.8. The average Bonchev–Trinajstić information content (AvgIpc) is 2.88. The second kappa shape index (κ2) is 14.2. The molecular weight excluding hydrogens is 558 g/mol. The molecule has 232 valence electrons. The molecule has 0 aromatic heterocycles. The van der Waals surface area contributed by atoms with Crippen LogP contribution in [0.2, 0.25) is 0 Å². The van der Waals surface area contributed by atoms with Crippen LogP contribution < -0.4 is 5.06 Å². The fourth-order valence-corrected chi connectivity index (χ4v) is 6.44. The van der Waals surface area contributed by atoms with Crippen LogP contribution in [0, 0.1) is 5.41 Å². The lowest BCUT2D eigenvalue weighted by molar-refractivity contribution is -0.115. The number of nitrogens with zero attached hydrogens (tertiary/aromatic N) is 1. The Balaban J connectivity index is 2.66. The first-order valence-electron chi connectivity index (χ1n) is 14.2. The average molecular weight is 604 g/mol. The van der Waals surface area contributed by atoms with E-state index in [0.717, 1.165) is 24.7 Å². The number of rotatable bonds is 11. The number of carbonyl (C=O) groups excluding carboxylic acids is 3. The summed E-state index contributed by atoms with van der Waals surface area (Å²) in [7, 11) is -3.96. The van der Waals surface area contributed by atoms with Crippen LogP contribution in [-0.4, -0.2) is 43.9 Å². The highest BCUT2D eigenvalue weighted by Crippen LogP contribution is 2.34. The first-order chi connectivity index (χ1) is 19.4. The molecule has 0 radical (unpaired) electrons. The molecule has 0 saturated heterocycles. The van der Waals surface area contributed by atoms with Crippen molar-refractivity contribution in [2.75, 3.05) is 10.8 Å². The Morgan fingerprint density at radius 1 is 0.905 bits per heavy atom. The van der Waals surface area contributed by atoms with Gasteiger partial charge in [-0.15, -0.1) is 5.06 Å². The highest BCUT2D eigenvalue weighted by atomic mass is 32.2. The number of hydroxylamine groups is 1. The van der Waals surface area contributed by atoms with Crippen LogP contribution in [-0.2, 0) is 35.4 Å². The smallest absolute Gasteiger partial charge is 0.441 e. The summed E-state index contributed by atoms with van der Waals surface area (Å²) >= 11 is 0. The molecule has 0 saturated carbocycles. The van der Waals surface area contributed by atoms with Gasteiger partial charge in [0.2, 0.25) is 0 Å². The molecule has 42 heavy (non-hydrogen) atoms. The van der Waals surface area contributed by atoms with Crippen molar-refractivity contribution in [2.24, 2.45) is 5.41 Å². The number of aldehydes is 1. The van der Waals surface area contributed by atoms with Gasteiger partial charge in [-0.3, -0.25) is 4.84 Å². The molecule has 2 rings (SSSR count). The van der Waals surface area contributed by atoms with E-state index in [2.05, 4.69) is 0 Å². The van der Waals surface area contributed by atoms with Gasteiger partial charge < -0.3 is 14.3 Å². The van der Waals surface area contributed by atoms with Gasteiger partial charge in [0.15, 0.2) is 9.84 Å². The van der Waals surface area contributed by atoms with Gasteiger partial charge in [-0.2, -0.15) is 0 Å². The highest BCUT2D eigenvalue weighted by molar-refractivity contribution is 7.91. The molecule has 1 unspecified atom stereocenters. The summed E-state index contributed by atoms with van der Waals surface area (Å²) in [5.74, 6) is -0.342. The Kier molecular flexibility index (Phi) is 11.7. The zero-order valence-electron chi connectivity index (χ0n) is 26.1. The van der Waals surface area contributed by atoms with Crippen molar-refractivity contribution in [2.45, 2.75) is 104 Å². The normalized spacial score (nSPS) is 13.5. The second-order valence-electron chi connectivity index (χ2n) is 12.5. The Bertz CT molecular complexity index is 1330. The van der Waals surface area contributed by atoms with Gasteiger partial charge in [0, 0.05) is 5.41 Å². The zero-order valence-corrected chi connectivity index (χ0v) is 26.9. The maximum Gasteiger partial charge on any atom is 0.534 e. The first kappa shape index (κ1) is 34.8. The van der Waals surface area contributed by atoms with E-state index in [1.807, 2.05) is 44.2 Å². The number of ether oxygens (including phenoxy) is 2. The van der Waals surface area contributed by atoms with Crippen molar-refractivity contribution in [1.82, 2.24) is 0 Å². The molecule has 0 heterocycles. The third-order valence-electron chi connectivity index (χ3n) is 6.43. The molecule has 0 fully saturated rings. The number of hydrogen-bond donors (Lipinski definition) is 0. The van der Waals surface area contributed by atoms with Crippen LogP contribution in [0.15, 0.2) is 53.4 Å². The lowest BCUT2D eigenvalue weighted by Gasteiger charge is -2.28. The Labute approximate surface area is 250 Å². The van der Waals surface area contributed by atoms with E-state index in [0.29, 0.717) is 23.5 Å². The molecule has 10 heteroatoms. The van der Waals surface area contributed by atoms with Gasteiger partial charge in [-0.1, -0.05) is 57.0 Å². The highest BCUT2D eigenvalue weighted by Gasteiger charge is 2.36. The Morgan fingerprint density at radius 2 is 1.52 bits per heavy atom. The molecule has 9 nitrogen and oxygen atoms in total. The summed E-state index contributed by atoms with van der Waals surface area (Å²) in [5.41, 5.74) is -1.56. The largest absolute Gasteiger partial charge is 0.534 e. The topological polar surface area (TPSA) is 116 Å². The molecule has 0 aliphatic carbocycles. The number of amides is 1. The van der Waals surface area contributed by atoms with Crippen molar-refractivity contribution >= 4 is 34.1 Å². The SMILES string of the molecule is CCCCC(C=O)(CC)CS(=O)(=O)c1ccc(N(OC(=O)OC(C)(C)C)C(=O)OC(C)(C)C)cc1Cc1ccccc1. The fraction of sp³-hybridized carbons (Fsp3) is 0.531. The number of unbranched alkanes of at least 4 members (excludes halogenated alkanes) is 1. The summed E-state index contributed by atoms with van der Waals surface area (Å²) in [5, 5.41) is 0.660. The second-order valence-corrected chi connectivity index (χ2v) is 14.4. The van der Waals surface area contributed by atoms with E-state index >= 15 is 0 Å². The number of anilines is 1. The lowest BCUT2D eigenvalue weighted by Crippen LogP contribution is -2.40. The molecule has 0 spiro atoms. The maximum atomic E-state index is 13.9. The minimum atomic E-state index is -3.96. The maximum absolute atomic E-state index is 13.9. The van der Waals surface area contributed by atoms with Gasteiger partial charge in [-0.05, 0) is 90.1 Å². The van der Waals surface area contributed by atoms with Crippen LogP contribution in [0.3, 0.4) is 0 Å². The van der Waals surface area contributed by atoms with Crippen molar-refractivity contribution in [3.8, 4) is 0 Å². The van der Waals surface area contributed by atoms with Crippen LogP contribution in [0.1, 0.15) is 92.2 Å². The number of benzene rings is 2. The van der Waals surface area contributed by atoms with Crippen molar-refractivity contribution < 1.29 is 37.1 Å². The van der Waals surface area contributed by atoms with Crippen LogP contribution in [0.25, 0.3) is 0 Å². The molecule has 0 bridgehead atoms. The molecule has 1 atom stereocenters. The number of hydrogen-bond acceptors (Lipinski definition) is 8. The Morgan fingerprint density at radius 3 is 2.05 bits per heavy atom. The van der Waals surface area contributed by atoms with Crippen molar-refractivity contribution in [1.29, 1.82) is 0 Å². The summed E-state index contributed by atoms with van der Waals surface area (Å²) in [6.07, 6.45) is 1.26. The monoisotopic (exact) mass is 603 g/mol. The van der Waals surface area contributed by atoms with Crippen LogP contribution >= 0.6 is 0 Å². The molecule has 2 aromatic rings. The minimum absolute atomic E-state index is 0.0349. The number of carbonyl (C=O) groups is 3. The molecule has 0 N–H and O–H groups in total. The van der Waals surface area contributed by atoms with Crippen LogP contribution in [0.5, 0.6) is 0 Å². The molecular formula is C32H45NO8S.